The topological polar surface area (TPSA) is 116 Å². The molecule has 0 unspecified atom stereocenters. The van der Waals surface area contributed by atoms with Gasteiger partial charge in [-0.2, -0.15) is 4.98 Å². The number of hydrogen-bond acceptors (Lipinski definition) is 7. The lowest BCUT2D eigenvalue weighted by Crippen LogP contribution is -2.25. The highest BCUT2D eigenvalue weighted by atomic mass is 79.9. The van der Waals surface area contributed by atoms with Gasteiger partial charge in [-0.1, -0.05) is 30.3 Å². The second kappa shape index (κ2) is 10.7. The van der Waals surface area contributed by atoms with E-state index in [2.05, 4.69) is 41.3 Å². The van der Waals surface area contributed by atoms with Crippen LogP contribution in [0.4, 0.5) is 17.5 Å². The molecule has 0 aliphatic heterocycles. The fourth-order valence-electron chi connectivity index (χ4n) is 2.71. The van der Waals surface area contributed by atoms with Crippen LogP contribution in [-0.4, -0.2) is 42.7 Å². The van der Waals surface area contributed by atoms with E-state index in [1.54, 1.807) is 18.3 Å². The fourth-order valence-corrected chi connectivity index (χ4v) is 4.05. The Morgan fingerprint density at radius 2 is 1.81 bits per heavy atom. The predicted molar refractivity (Wildman–Crippen MR) is 125 cm³/mol. The summed E-state index contributed by atoms with van der Waals surface area (Å²) < 4.78 is 28.3. The zero-order valence-corrected chi connectivity index (χ0v) is 19.3. The number of hydrogen-bond donors (Lipinski definition) is 4. The first kappa shape index (κ1) is 23.1. The van der Waals surface area contributed by atoms with Crippen molar-refractivity contribution in [3.8, 4) is 0 Å². The van der Waals surface area contributed by atoms with Crippen molar-refractivity contribution < 1.29 is 13.5 Å². The van der Waals surface area contributed by atoms with Crippen molar-refractivity contribution in [3.63, 3.8) is 0 Å². The minimum atomic E-state index is -3.60. The van der Waals surface area contributed by atoms with Crippen LogP contribution in [0.2, 0.25) is 0 Å². The van der Waals surface area contributed by atoms with Gasteiger partial charge >= 0.3 is 0 Å². The van der Waals surface area contributed by atoms with Crippen LogP contribution in [0, 0.1) is 0 Å². The molecule has 3 aromatic rings. The third-order valence-corrected chi connectivity index (χ3v) is 6.43. The van der Waals surface area contributed by atoms with E-state index in [-0.39, 0.29) is 17.5 Å². The molecule has 10 heteroatoms. The largest absolute Gasteiger partial charge is 0.394 e. The standard InChI is InChI=1S/C21H24BrN5O3S/c1-15(14-28)25-20-19(22)13-23-21(27-20)26-17-7-9-18(10-8-17)31(29,30)24-12-11-16-5-3-2-4-6-16/h2-10,13,15,24,28H,11-12,14H2,1H3,(H2,23,25,26,27)/t15-/m1/s1. The number of halogens is 1. The van der Waals surface area contributed by atoms with Crippen LogP contribution in [0.25, 0.3) is 0 Å². The van der Waals surface area contributed by atoms with Gasteiger partial charge in [0.2, 0.25) is 16.0 Å². The third-order valence-electron chi connectivity index (χ3n) is 4.37. The average Bonchev–Trinajstić information content (AvgIpc) is 2.77. The smallest absolute Gasteiger partial charge is 0.240 e. The van der Waals surface area contributed by atoms with Gasteiger partial charge in [0.05, 0.1) is 16.0 Å². The van der Waals surface area contributed by atoms with Gasteiger partial charge in [-0.15, -0.1) is 0 Å². The van der Waals surface area contributed by atoms with Crippen molar-refractivity contribution in [1.82, 2.24) is 14.7 Å². The van der Waals surface area contributed by atoms with Gasteiger partial charge in [-0.25, -0.2) is 18.1 Å². The van der Waals surface area contributed by atoms with Crippen LogP contribution in [-0.2, 0) is 16.4 Å². The van der Waals surface area contributed by atoms with E-state index >= 15 is 0 Å². The van der Waals surface area contributed by atoms with E-state index in [1.165, 1.54) is 12.1 Å². The summed E-state index contributed by atoms with van der Waals surface area (Å²) in [6.07, 6.45) is 2.21. The molecule has 0 bridgehead atoms. The van der Waals surface area contributed by atoms with Crippen molar-refractivity contribution in [3.05, 3.63) is 70.8 Å². The maximum absolute atomic E-state index is 12.5. The molecule has 0 saturated carbocycles. The minimum Gasteiger partial charge on any atom is -0.394 e. The number of rotatable bonds is 10. The second-order valence-corrected chi connectivity index (χ2v) is 9.52. The molecule has 1 heterocycles. The molecule has 4 N–H and O–H groups in total. The van der Waals surface area contributed by atoms with Crippen molar-refractivity contribution in [2.75, 3.05) is 23.8 Å². The summed E-state index contributed by atoms with van der Waals surface area (Å²) >= 11 is 3.37. The molecular formula is C21H24BrN5O3S. The molecule has 164 valence electrons. The first-order chi connectivity index (χ1) is 14.9. The number of nitrogens with one attached hydrogen (secondary N) is 3. The lowest BCUT2D eigenvalue weighted by molar-refractivity contribution is 0.281. The van der Waals surface area contributed by atoms with Crippen molar-refractivity contribution in [2.45, 2.75) is 24.3 Å². The van der Waals surface area contributed by atoms with E-state index in [1.807, 2.05) is 37.3 Å². The summed E-state index contributed by atoms with van der Waals surface area (Å²) in [6, 6.07) is 15.9. The number of sulfonamides is 1. The number of aromatic nitrogens is 2. The van der Waals surface area contributed by atoms with E-state index in [9.17, 15) is 13.5 Å². The highest BCUT2D eigenvalue weighted by molar-refractivity contribution is 9.10. The Bertz CT molecular complexity index is 1100. The molecular weight excluding hydrogens is 482 g/mol. The van der Waals surface area contributed by atoms with Gasteiger partial charge in [0, 0.05) is 24.5 Å². The molecule has 1 atom stereocenters. The molecule has 0 amide bonds. The van der Waals surface area contributed by atoms with Crippen LogP contribution >= 0.6 is 15.9 Å². The summed E-state index contributed by atoms with van der Waals surface area (Å²) in [7, 11) is -3.60. The minimum absolute atomic E-state index is 0.0332. The lowest BCUT2D eigenvalue weighted by Gasteiger charge is -2.14. The number of anilines is 3. The van der Waals surface area contributed by atoms with E-state index < -0.39 is 10.0 Å². The van der Waals surface area contributed by atoms with Crippen LogP contribution < -0.4 is 15.4 Å². The van der Waals surface area contributed by atoms with Gasteiger partial charge in [0.15, 0.2) is 0 Å². The fraction of sp³-hybridized carbons (Fsp3) is 0.238. The van der Waals surface area contributed by atoms with E-state index in [4.69, 9.17) is 0 Å². The predicted octanol–water partition coefficient (Wildman–Crippen LogP) is 3.30. The maximum atomic E-state index is 12.5. The average molecular weight is 506 g/mol. The molecule has 2 aromatic carbocycles. The normalized spacial score (nSPS) is 12.4. The Morgan fingerprint density at radius 1 is 1.10 bits per heavy atom. The Morgan fingerprint density at radius 3 is 2.48 bits per heavy atom. The monoisotopic (exact) mass is 505 g/mol. The van der Waals surface area contributed by atoms with Gasteiger partial charge in [-0.3, -0.25) is 0 Å². The molecule has 0 spiro atoms. The van der Waals surface area contributed by atoms with E-state index in [0.717, 1.165) is 5.56 Å². The SMILES string of the molecule is C[C@H](CO)Nc1nc(Nc2ccc(S(=O)(=O)NCCc3ccccc3)cc2)ncc1Br. The molecule has 3 rings (SSSR count). The highest BCUT2D eigenvalue weighted by Crippen LogP contribution is 2.23. The van der Waals surface area contributed by atoms with Gasteiger partial charge in [0.25, 0.3) is 0 Å². The van der Waals surface area contributed by atoms with Crippen molar-refractivity contribution >= 4 is 43.4 Å². The van der Waals surface area contributed by atoms with Crippen molar-refractivity contribution in [2.24, 2.45) is 0 Å². The van der Waals surface area contributed by atoms with Gasteiger partial charge in [-0.05, 0) is 59.1 Å². The molecule has 0 saturated heterocycles. The van der Waals surface area contributed by atoms with Crippen LogP contribution in [0.5, 0.6) is 0 Å². The summed E-state index contributed by atoms with van der Waals surface area (Å²) in [5.41, 5.74) is 1.72. The molecule has 0 fully saturated rings. The summed E-state index contributed by atoms with van der Waals surface area (Å²) in [6.45, 7) is 2.12. The molecule has 31 heavy (non-hydrogen) atoms. The first-order valence-corrected chi connectivity index (χ1v) is 12.0. The summed E-state index contributed by atoms with van der Waals surface area (Å²) in [5.74, 6) is 0.883. The summed E-state index contributed by atoms with van der Waals surface area (Å²) in [5, 5.41) is 15.3. The van der Waals surface area contributed by atoms with Crippen LogP contribution in [0.1, 0.15) is 12.5 Å². The quantitative estimate of drug-likeness (QED) is 0.334. The molecule has 8 nitrogen and oxygen atoms in total. The molecule has 0 aliphatic carbocycles. The Kier molecular flexibility index (Phi) is 7.97. The molecule has 0 radical (unpaired) electrons. The summed E-state index contributed by atoms with van der Waals surface area (Å²) in [4.78, 5) is 8.76. The second-order valence-electron chi connectivity index (χ2n) is 6.90. The number of aliphatic hydroxyl groups is 1. The number of aliphatic hydroxyl groups excluding tert-OH is 1. The Balaban J connectivity index is 1.62. The van der Waals surface area contributed by atoms with E-state index in [0.29, 0.717) is 34.9 Å². The highest BCUT2D eigenvalue weighted by Gasteiger charge is 2.14. The maximum Gasteiger partial charge on any atom is 0.240 e. The lowest BCUT2D eigenvalue weighted by atomic mass is 10.2. The molecule has 1 aromatic heterocycles. The van der Waals surface area contributed by atoms with Crippen molar-refractivity contribution in [1.29, 1.82) is 0 Å². The van der Waals surface area contributed by atoms with Crippen LogP contribution in [0.15, 0.2) is 70.2 Å². The van der Waals surface area contributed by atoms with Gasteiger partial charge < -0.3 is 15.7 Å². The Hall–Kier alpha value is -2.53. The number of nitrogens with zero attached hydrogens (tertiary/aromatic N) is 2. The van der Waals surface area contributed by atoms with Crippen LogP contribution in [0.3, 0.4) is 0 Å². The first-order valence-electron chi connectivity index (χ1n) is 9.68. The third kappa shape index (κ3) is 6.73. The van der Waals surface area contributed by atoms with Gasteiger partial charge in [0.1, 0.15) is 5.82 Å². The zero-order valence-electron chi connectivity index (χ0n) is 16.9. The molecule has 0 aliphatic rings. The Labute approximate surface area is 190 Å². The number of benzene rings is 2. The zero-order chi connectivity index (χ0) is 22.3.